The van der Waals surface area contributed by atoms with Crippen LogP contribution in [0.1, 0.15) is 90.6 Å². The summed E-state index contributed by atoms with van der Waals surface area (Å²) in [6, 6.07) is 1.07. The van der Waals surface area contributed by atoms with Crippen LogP contribution in [0.4, 0.5) is 30.7 Å². The quantitative estimate of drug-likeness (QED) is 0.248. The van der Waals surface area contributed by atoms with Crippen LogP contribution in [0.2, 0.25) is 0 Å². The Morgan fingerprint density at radius 1 is 1.11 bits per heavy atom. The topological polar surface area (TPSA) is 129 Å². The van der Waals surface area contributed by atoms with Gasteiger partial charge in [-0.1, -0.05) is 0 Å². The van der Waals surface area contributed by atoms with Gasteiger partial charge in [0.25, 0.3) is 5.91 Å². The van der Waals surface area contributed by atoms with Crippen LogP contribution in [-0.4, -0.2) is 61.5 Å². The molecule has 2 amide bonds. The van der Waals surface area contributed by atoms with Gasteiger partial charge in [-0.05, 0) is 49.1 Å². The summed E-state index contributed by atoms with van der Waals surface area (Å²) in [4.78, 5) is 29.5. The smallest absolute Gasteiger partial charge is 0.365 e. The van der Waals surface area contributed by atoms with Gasteiger partial charge in [0.1, 0.15) is 0 Å². The van der Waals surface area contributed by atoms with Crippen LogP contribution in [0.25, 0.3) is 5.65 Å². The molecule has 3 aromatic rings. The summed E-state index contributed by atoms with van der Waals surface area (Å²) in [5, 5.41) is 11.5. The summed E-state index contributed by atoms with van der Waals surface area (Å²) in [5.41, 5.74) is 6.99. The van der Waals surface area contributed by atoms with Crippen LogP contribution < -0.4 is 11.1 Å². The Balaban J connectivity index is 1.47. The molecular weight excluding hydrogens is 615 g/mol. The minimum Gasteiger partial charge on any atom is -0.365 e. The van der Waals surface area contributed by atoms with E-state index in [1.807, 2.05) is 0 Å². The molecule has 0 radical (unpaired) electrons. The lowest BCUT2D eigenvalue weighted by atomic mass is 9.75. The first-order valence-corrected chi connectivity index (χ1v) is 14.5. The first-order chi connectivity index (χ1) is 21.2. The molecule has 10 nitrogen and oxygen atoms in total. The number of carbonyl (C=O) groups excluding carboxylic acids is 2. The number of alkyl halides is 7. The van der Waals surface area contributed by atoms with Crippen molar-refractivity contribution in [2.45, 2.75) is 88.6 Å². The van der Waals surface area contributed by atoms with Crippen molar-refractivity contribution in [3.8, 4) is 0 Å². The lowest BCUT2D eigenvalue weighted by molar-refractivity contribution is -0.144. The molecule has 2 fully saturated rings. The lowest BCUT2D eigenvalue weighted by Crippen LogP contribution is -2.30. The predicted octanol–water partition coefficient (Wildman–Crippen LogP) is 5.13. The van der Waals surface area contributed by atoms with E-state index in [1.54, 1.807) is 12.3 Å². The normalized spacial score (nSPS) is 18.8. The van der Waals surface area contributed by atoms with Crippen molar-refractivity contribution < 1.29 is 45.1 Å². The van der Waals surface area contributed by atoms with Crippen LogP contribution in [0.3, 0.4) is 0 Å². The lowest BCUT2D eigenvalue weighted by Gasteiger charge is -2.32. The first kappa shape index (κ1) is 32.6. The molecule has 5 rings (SSSR count). The van der Waals surface area contributed by atoms with Crippen LogP contribution in [0, 0.1) is 11.8 Å². The fourth-order valence-electron chi connectivity index (χ4n) is 5.84. The number of rotatable bonds is 13. The number of nitrogens with one attached hydrogen (secondary N) is 1. The van der Waals surface area contributed by atoms with Crippen molar-refractivity contribution in [2.24, 2.45) is 17.6 Å². The molecule has 0 aliphatic heterocycles. The molecule has 246 valence electrons. The molecular formula is C28H32F7N7O3. The zero-order valence-electron chi connectivity index (χ0n) is 24.0. The monoisotopic (exact) mass is 647 g/mol. The van der Waals surface area contributed by atoms with Gasteiger partial charge in [-0.2, -0.15) is 32.1 Å². The SMILES string of the molecule is NC(=O)c1cn(CCOC(F)F)nc1[C@H](c1cn2ncc([C@H](NC(=O)CCC(F)(F)F)C3CC3)cc2n1)C1CCC(F)(F)CC1. The van der Waals surface area contributed by atoms with Gasteiger partial charge in [0, 0.05) is 25.5 Å². The number of fused-ring (bicyclic) bond motifs is 1. The molecule has 3 N–H and O–H groups in total. The van der Waals surface area contributed by atoms with E-state index < -0.39 is 80.7 Å². The molecule has 0 bridgehead atoms. The van der Waals surface area contributed by atoms with Gasteiger partial charge in [-0.3, -0.25) is 14.3 Å². The highest BCUT2D eigenvalue weighted by molar-refractivity contribution is 5.94. The largest absolute Gasteiger partial charge is 0.389 e. The number of hydrogen-bond acceptors (Lipinski definition) is 6. The fraction of sp³-hybridized carbons (Fsp3) is 0.607. The maximum Gasteiger partial charge on any atom is 0.389 e. The van der Waals surface area contributed by atoms with Crippen LogP contribution in [-0.2, 0) is 16.1 Å². The molecule has 2 atom stereocenters. The van der Waals surface area contributed by atoms with E-state index in [0.717, 1.165) is 12.8 Å². The molecule has 2 aliphatic rings. The van der Waals surface area contributed by atoms with E-state index >= 15 is 0 Å². The van der Waals surface area contributed by atoms with Crippen LogP contribution in [0.5, 0.6) is 0 Å². The first-order valence-electron chi connectivity index (χ1n) is 14.5. The van der Waals surface area contributed by atoms with Crippen molar-refractivity contribution in [2.75, 3.05) is 6.61 Å². The van der Waals surface area contributed by atoms with Crippen molar-refractivity contribution in [1.82, 2.24) is 29.7 Å². The summed E-state index contributed by atoms with van der Waals surface area (Å²) < 4.78 is 98.1. The summed E-state index contributed by atoms with van der Waals surface area (Å²) in [6.07, 6.45) is -1.16. The molecule has 45 heavy (non-hydrogen) atoms. The highest BCUT2D eigenvalue weighted by atomic mass is 19.4. The molecule has 3 heterocycles. The van der Waals surface area contributed by atoms with E-state index in [4.69, 9.17) is 10.7 Å². The van der Waals surface area contributed by atoms with Gasteiger partial charge in [-0.25, -0.2) is 18.3 Å². The van der Waals surface area contributed by atoms with Crippen molar-refractivity contribution >= 4 is 17.5 Å². The van der Waals surface area contributed by atoms with Crippen LogP contribution in [0.15, 0.2) is 24.7 Å². The number of imidazole rings is 1. The number of carbonyl (C=O) groups is 2. The number of primary amides is 1. The zero-order chi connectivity index (χ0) is 32.5. The number of halogens is 7. The second-order valence-electron chi connectivity index (χ2n) is 11.6. The number of nitrogens with zero attached hydrogens (tertiary/aromatic N) is 5. The van der Waals surface area contributed by atoms with Gasteiger partial charge >= 0.3 is 12.8 Å². The Hall–Kier alpha value is -3.76. The van der Waals surface area contributed by atoms with Gasteiger partial charge in [0.2, 0.25) is 11.8 Å². The maximum absolute atomic E-state index is 14.1. The van der Waals surface area contributed by atoms with E-state index in [9.17, 15) is 40.3 Å². The maximum atomic E-state index is 14.1. The zero-order valence-corrected chi connectivity index (χ0v) is 24.0. The van der Waals surface area contributed by atoms with E-state index in [1.165, 1.54) is 21.6 Å². The molecule has 0 unspecified atom stereocenters. The summed E-state index contributed by atoms with van der Waals surface area (Å²) in [7, 11) is 0. The summed E-state index contributed by atoms with van der Waals surface area (Å²) in [6.45, 7) is -3.55. The Bertz CT molecular complexity index is 1510. The van der Waals surface area contributed by atoms with Gasteiger partial charge < -0.3 is 15.8 Å². The molecule has 0 saturated heterocycles. The highest BCUT2D eigenvalue weighted by Gasteiger charge is 2.41. The minimum atomic E-state index is -4.46. The molecule has 17 heteroatoms. The Morgan fingerprint density at radius 2 is 1.82 bits per heavy atom. The van der Waals surface area contributed by atoms with Gasteiger partial charge in [-0.15, -0.1) is 0 Å². The standard InChI is InChI=1S/C28H32F7N7O3/c29-26(30)45-10-9-41-13-18(25(36)44)24(40-41)22(15-3-6-27(31,32)7-4-15)19-14-42-20(38-19)11-17(12-37-42)23(16-1-2-16)39-21(43)5-8-28(33,34)35/h11-16,22-23,26H,1-10H2,(H2,36,44)(H,39,43)/t22-,23+/m0/s1. The Labute approximate surface area is 252 Å². The van der Waals surface area contributed by atoms with Gasteiger partial charge in [0.05, 0.1) is 60.9 Å². The number of ether oxygens (including phenoxy) is 1. The van der Waals surface area contributed by atoms with Gasteiger partial charge in [0.15, 0.2) is 5.65 Å². The molecule has 3 aromatic heterocycles. The van der Waals surface area contributed by atoms with Crippen molar-refractivity contribution in [3.05, 3.63) is 47.2 Å². The van der Waals surface area contributed by atoms with Crippen molar-refractivity contribution in [3.63, 3.8) is 0 Å². The third-order valence-corrected chi connectivity index (χ3v) is 8.23. The molecule has 2 aliphatic carbocycles. The third-order valence-electron chi connectivity index (χ3n) is 8.23. The van der Waals surface area contributed by atoms with E-state index in [2.05, 4.69) is 20.3 Å². The average Bonchev–Trinajstić information content (AvgIpc) is 3.57. The molecule has 2 saturated carbocycles. The second-order valence-corrected chi connectivity index (χ2v) is 11.6. The number of hydrogen-bond donors (Lipinski definition) is 2. The Kier molecular flexibility index (Phi) is 9.37. The minimum absolute atomic E-state index is 0.0181. The highest BCUT2D eigenvalue weighted by Crippen LogP contribution is 2.45. The summed E-state index contributed by atoms with van der Waals surface area (Å²) in [5.74, 6) is -5.64. The second kappa shape index (κ2) is 12.9. The van der Waals surface area contributed by atoms with E-state index in [0.29, 0.717) is 16.9 Å². The fourth-order valence-corrected chi connectivity index (χ4v) is 5.84. The number of aromatic nitrogens is 5. The number of nitrogens with two attached hydrogens (primary N) is 1. The summed E-state index contributed by atoms with van der Waals surface area (Å²) >= 11 is 0. The average molecular weight is 648 g/mol. The molecule has 0 aromatic carbocycles. The van der Waals surface area contributed by atoms with Crippen molar-refractivity contribution in [1.29, 1.82) is 0 Å². The Morgan fingerprint density at radius 3 is 2.44 bits per heavy atom. The third kappa shape index (κ3) is 8.29. The van der Waals surface area contributed by atoms with E-state index in [-0.39, 0.29) is 36.6 Å². The number of amides is 2. The predicted molar refractivity (Wildman–Crippen MR) is 143 cm³/mol. The molecule has 0 spiro atoms. The van der Waals surface area contributed by atoms with Crippen LogP contribution >= 0.6 is 0 Å².